The molecule has 1 aromatic rings. The zero-order valence-corrected chi connectivity index (χ0v) is 12.1. The lowest BCUT2D eigenvalue weighted by Gasteiger charge is -2.18. The van der Waals surface area contributed by atoms with Gasteiger partial charge in [0.05, 0.1) is 6.04 Å². The average molecular weight is 261 g/mol. The standard InChI is InChI=1S/C16H23NS/c1-2-17-16(12-7-3-4-8-12)15-11-13-9-5-6-10-14(13)18-15/h7,11,16-17H,2-6,8-10H2,1H3. The third-order valence-electron chi connectivity index (χ3n) is 4.16. The molecular weight excluding hydrogens is 238 g/mol. The second-order valence-electron chi connectivity index (χ2n) is 5.47. The Labute approximate surface area is 114 Å². The zero-order chi connectivity index (χ0) is 12.4. The highest BCUT2D eigenvalue weighted by Gasteiger charge is 2.22. The molecule has 0 aromatic carbocycles. The van der Waals surface area contributed by atoms with Crippen LogP contribution in [-0.2, 0) is 12.8 Å². The van der Waals surface area contributed by atoms with Gasteiger partial charge in [0.2, 0.25) is 0 Å². The van der Waals surface area contributed by atoms with Crippen LogP contribution >= 0.6 is 11.3 Å². The highest BCUT2D eigenvalue weighted by Crippen LogP contribution is 2.38. The van der Waals surface area contributed by atoms with E-state index in [0.29, 0.717) is 6.04 Å². The van der Waals surface area contributed by atoms with Crippen LogP contribution in [0, 0.1) is 0 Å². The fourth-order valence-corrected chi connectivity index (χ4v) is 4.61. The van der Waals surface area contributed by atoms with Crippen molar-refractivity contribution in [2.75, 3.05) is 6.54 Å². The Hall–Kier alpha value is -0.600. The quantitative estimate of drug-likeness (QED) is 0.793. The molecule has 0 saturated carbocycles. The van der Waals surface area contributed by atoms with Crippen molar-refractivity contribution in [2.45, 2.75) is 57.9 Å². The lowest BCUT2D eigenvalue weighted by molar-refractivity contribution is 0.613. The van der Waals surface area contributed by atoms with E-state index in [0.717, 1.165) is 6.54 Å². The fourth-order valence-electron chi connectivity index (χ4n) is 3.23. The number of nitrogens with one attached hydrogen (secondary N) is 1. The van der Waals surface area contributed by atoms with Crippen LogP contribution in [-0.4, -0.2) is 6.54 Å². The van der Waals surface area contributed by atoms with E-state index in [4.69, 9.17) is 0 Å². The van der Waals surface area contributed by atoms with Gasteiger partial charge in [-0.15, -0.1) is 11.3 Å². The maximum Gasteiger partial charge on any atom is 0.0630 e. The third kappa shape index (κ3) is 2.41. The lowest BCUT2D eigenvalue weighted by Crippen LogP contribution is -2.21. The molecule has 0 saturated heterocycles. The first kappa shape index (κ1) is 12.4. The normalized spacial score (nSPS) is 20.6. The van der Waals surface area contributed by atoms with Gasteiger partial charge in [0.1, 0.15) is 0 Å². The van der Waals surface area contributed by atoms with E-state index in [1.165, 1.54) is 44.9 Å². The van der Waals surface area contributed by atoms with Crippen molar-refractivity contribution in [2.24, 2.45) is 0 Å². The van der Waals surface area contributed by atoms with Gasteiger partial charge in [-0.1, -0.05) is 18.6 Å². The van der Waals surface area contributed by atoms with Crippen LogP contribution in [0.1, 0.15) is 60.4 Å². The molecule has 2 aliphatic carbocycles. The van der Waals surface area contributed by atoms with Gasteiger partial charge in [0.25, 0.3) is 0 Å². The number of hydrogen-bond acceptors (Lipinski definition) is 2. The lowest BCUT2D eigenvalue weighted by atomic mass is 9.97. The molecule has 0 radical (unpaired) electrons. The molecule has 1 atom stereocenters. The summed E-state index contributed by atoms with van der Waals surface area (Å²) in [6, 6.07) is 3.00. The first-order chi connectivity index (χ1) is 8.88. The molecule has 0 fully saturated rings. The molecule has 2 heteroatoms. The van der Waals surface area contributed by atoms with E-state index in [1.807, 2.05) is 0 Å². The molecule has 0 spiro atoms. The zero-order valence-electron chi connectivity index (χ0n) is 11.3. The van der Waals surface area contributed by atoms with Crippen LogP contribution in [0.5, 0.6) is 0 Å². The summed E-state index contributed by atoms with van der Waals surface area (Å²) in [5, 5.41) is 3.69. The minimum absolute atomic E-state index is 0.507. The van der Waals surface area contributed by atoms with Gasteiger partial charge < -0.3 is 5.32 Å². The molecule has 0 bridgehead atoms. The van der Waals surface area contributed by atoms with Gasteiger partial charge in [-0.3, -0.25) is 0 Å². The van der Waals surface area contributed by atoms with E-state index in [9.17, 15) is 0 Å². The number of thiophene rings is 1. The predicted molar refractivity (Wildman–Crippen MR) is 79.3 cm³/mol. The molecule has 1 heterocycles. The molecule has 1 aromatic heterocycles. The Kier molecular flexibility index (Phi) is 3.86. The van der Waals surface area contributed by atoms with Crippen LogP contribution < -0.4 is 5.32 Å². The summed E-state index contributed by atoms with van der Waals surface area (Å²) in [5.41, 5.74) is 3.28. The van der Waals surface area contributed by atoms with Crippen molar-refractivity contribution < 1.29 is 0 Å². The summed E-state index contributed by atoms with van der Waals surface area (Å²) in [7, 11) is 0. The number of allylic oxidation sites excluding steroid dienone is 1. The Morgan fingerprint density at radius 1 is 1.22 bits per heavy atom. The van der Waals surface area contributed by atoms with Gasteiger partial charge in [-0.2, -0.15) is 0 Å². The van der Waals surface area contributed by atoms with Gasteiger partial charge in [0, 0.05) is 9.75 Å². The molecule has 1 N–H and O–H groups in total. The van der Waals surface area contributed by atoms with E-state index >= 15 is 0 Å². The number of aryl methyl sites for hydroxylation is 2. The number of rotatable bonds is 4. The third-order valence-corrected chi connectivity index (χ3v) is 5.46. The highest BCUT2D eigenvalue weighted by atomic mass is 32.1. The Balaban J connectivity index is 1.87. The summed E-state index contributed by atoms with van der Waals surface area (Å²) >= 11 is 2.07. The van der Waals surface area contributed by atoms with Crippen LogP contribution in [0.4, 0.5) is 0 Å². The molecule has 2 aliphatic rings. The summed E-state index contributed by atoms with van der Waals surface area (Å²) in [5.74, 6) is 0. The minimum Gasteiger partial charge on any atom is -0.306 e. The smallest absolute Gasteiger partial charge is 0.0630 e. The molecule has 18 heavy (non-hydrogen) atoms. The molecule has 98 valence electrons. The Morgan fingerprint density at radius 2 is 2.11 bits per heavy atom. The van der Waals surface area contributed by atoms with Crippen molar-refractivity contribution in [3.8, 4) is 0 Å². The van der Waals surface area contributed by atoms with E-state index in [1.54, 1.807) is 20.9 Å². The summed E-state index contributed by atoms with van der Waals surface area (Å²) in [4.78, 5) is 3.23. The summed E-state index contributed by atoms with van der Waals surface area (Å²) < 4.78 is 0. The average Bonchev–Trinajstić information content (AvgIpc) is 3.04. The van der Waals surface area contributed by atoms with Gasteiger partial charge in [-0.05, 0) is 63.1 Å². The molecule has 0 aliphatic heterocycles. The second-order valence-corrected chi connectivity index (χ2v) is 6.63. The van der Waals surface area contributed by atoms with Crippen LogP contribution in [0.25, 0.3) is 0 Å². The van der Waals surface area contributed by atoms with Gasteiger partial charge >= 0.3 is 0 Å². The van der Waals surface area contributed by atoms with Crippen LogP contribution in [0.3, 0.4) is 0 Å². The van der Waals surface area contributed by atoms with Crippen molar-refractivity contribution in [3.05, 3.63) is 33.0 Å². The molecule has 0 amide bonds. The molecular formula is C16H23NS. The monoisotopic (exact) mass is 261 g/mol. The van der Waals surface area contributed by atoms with E-state index in [-0.39, 0.29) is 0 Å². The summed E-state index contributed by atoms with van der Waals surface area (Å²) in [6.45, 7) is 3.28. The molecule has 1 nitrogen and oxygen atoms in total. The van der Waals surface area contributed by atoms with Crippen molar-refractivity contribution in [1.82, 2.24) is 5.32 Å². The van der Waals surface area contributed by atoms with Gasteiger partial charge in [-0.25, -0.2) is 0 Å². The Bertz CT molecular complexity index is 420. The van der Waals surface area contributed by atoms with Crippen molar-refractivity contribution >= 4 is 11.3 Å². The van der Waals surface area contributed by atoms with Crippen molar-refractivity contribution in [1.29, 1.82) is 0 Å². The maximum atomic E-state index is 3.69. The number of likely N-dealkylation sites (N-methyl/N-ethyl adjacent to an activating group) is 1. The number of fused-ring (bicyclic) bond motifs is 1. The summed E-state index contributed by atoms with van der Waals surface area (Å²) in [6.07, 6.45) is 11.8. The maximum absolute atomic E-state index is 3.69. The first-order valence-electron chi connectivity index (χ1n) is 7.42. The number of hydrogen-bond donors (Lipinski definition) is 1. The predicted octanol–water partition coefficient (Wildman–Crippen LogP) is 4.39. The molecule has 3 rings (SSSR count). The second kappa shape index (κ2) is 5.58. The van der Waals surface area contributed by atoms with Crippen LogP contribution in [0.2, 0.25) is 0 Å². The first-order valence-corrected chi connectivity index (χ1v) is 8.24. The largest absolute Gasteiger partial charge is 0.306 e. The topological polar surface area (TPSA) is 12.0 Å². The van der Waals surface area contributed by atoms with E-state index < -0.39 is 0 Å². The van der Waals surface area contributed by atoms with Crippen molar-refractivity contribution in [3.63, 3.8) is 0 Å². The van der Waals surface area contributed by atoms with Crippen LogP contribution in [0.15, 0.2) is 17.7 Å². The highest BCUT2D eigenvalue weighted by molar-refractivity contribution is 7.12. The fraction of sp³-hybridized carbons (Fsp3) is 0.625. The Morgan fingerprint density at radius 3 is 2.83 bits per heavy atom. The van der Waals surface area contributed by atoms with E-state index in [2.05, 4.69) is 35.7 Å². The van der Waals surface area contributed by atoms with Gasteiger partial charge in [0.15, 0.2) is 0 Å². The molecule has 1 unspecified atom stereocenters. The minimum atomic E-state index is 0.507. The SMILES string of the molecule is CCNC(C1=CCCC1)c1cc2c(s1)CCCC2.